The average molecular weight is 288 g/mol. The van der Waals surface area contributed by atoms with E-state index in [2.05, 4.69) is 4.57 Å². The molecule has 2 aliphatic rings. The van der Waals surface area contributed by atoms with Crippen LogP contribution in [0, 0.1) is 5.82 Å². The molecule has 0 bridgehead atoms. The van der Waals surface area contributed by atoms with E-state index in [0.29, 0.717) is 5.75 Å². The fourth-order valence-electron chi connectivity index (χ4n) is 3.46. The SMILES string of the molecule is C[C@H](N)Cc1c2n(c3ccc(OC4CC4)c(F)c13)CCC2. The minimum Gasteiger partial charge on any atom is -0.487 e. The van der Waals surface area contributed by atoms with Crippen molar-refractivity contribution in [3.05, 3.63) is 29.2 Å². The highest BCUT2D eigenvalue weighted by molar-refractivity contribution is 5.88. The summed E-state index contributed by atoms with van der Waals surface area (Å²) in [6, 6.07) is 3.83. The van der Waals surface area contributed by atoms with Crippen LogP contribution in [0.25, 0.3) is 10.9 Å². The van der Waals surface area contributed by atoms with Gasteiger partial charge in [-0.25, -0.2) is 4.39 Å². The molecule has 2 N–H and O–H groups in total. The van der Waals surface area contributed by atoms with Crippen molar-refractivity contribution in [1.82, 2.24) is 4.57 Å². The number of halogens is 1. The molecule has 1 aromatic heterocycles. The lowest BCUT2D eigenvalue weighted by Crippen LogP contribution is -2.18. The molecule has 3 nitrogen and oxygen atoms in total. The van der Waals surface area contributed by atoms with Crippen LogP contribution in [-0.2, 0) is 19.4 Å². The molecule has 0 saturated heterocycles. The van der Waals surface area contributed by atoms with Gasteiger partial charge in [0.25, 0.3) is 0 Å². The van der Waals surface area contributed by atoms with E-state index in [1.54, 1.807) is 6.07 Å². The summed E-state index contributed by atoms with van der Waals surface area (Å²) in [4.78, 5) is 0. The molecule has 1 fully saturated rings. The molecule has 1 aliphatic carbocycles. The zero-order valence-corrected chi connectivity index (χ0v) is 12.4. The summed E-state index contributed by atoms with van der Waals surface area (Å²) in [6.45, 7) is 2.96. The van der Waals surface area contributed by atoms with Crippen molar-refractivity contribution < 1.29 is 9.13 Å². The molecule has 112 valence electrons. The molecule has 0 radical (unpaired) electrons. The van der Waals surface area contributed by atoms with E-state index < -0.39 is 0 Å². The monoisotopic (exact) mass is 288 g/mol. The molecule has 1 atom stereocenters. The predicted octanol–water partition coefficient (Wildman–Crippen LogP) is 3.16. The normalized spacial score (nSPS) is 19.0. The largest absolute Gasteiger partial charge is 0.487 e. The van der Waals surface area contributed by atoms with Crippen molar-refractivity contribution in [2.45, 2.75) is 57.7 Å². The Labute approximate surface area is 123 Å². The fraction of sp³-hybridized carbons (Fsp3) is 0.529. The summed E-state index contributed by atoms with van der Waals surface area (Å²) in [5, 5.41) is 0.736. The van der Waals surface area contributed by atoms with E-state index in [4.69, 9.17) is 10.5 Å². The van der Waals surface area contributed by atoms with Gasteiger partial charge < -0.3 is 15.0 Å². The Bertz CT molecular complexity index is 701. The number of aryl methyl sites for hydroxylation is 1. The van der Waals surface area contributed by atoms with E-state index in [9.17, 15) is 4.39 Å². The molecular formula is C17H21FN2O. The number of hydrogen-bond acceptors (Lipinski definition) is 2. The predicted molar refractivity (Wildman–Crippen MR) is 81.2 cm³/mol. The van der Waals surface area contributed by atoms with Gasteiger partial charge in [0.05, 0.1) is 11.6 Å². The van der Waals surface area contributed by atoms with E-state index in [1.807, 2.05) is 13.0 Å². The zero-order valence-electron chi connectivity index (χ0n) is 12.4. The number of aromatic nitrogens is 1. The zero-order chi connectivity index (χ0) is 14.6. The van der Waals surface area contributed by atoms with E-state index in [1.165, 1.54) is 5.69 Å². The minimum atomic E-state index is -0.197. The maximum atomic E-state index is 14.9. The van der Waals surface area contributed by atoms with Gasteiger partial charge in [0, 0.05) is 23.7 Å². The average Bonchev–Trinajstić information content (AvgIpc) is 3.03. The van der Waals surface area contributed by atoms with Gasteiger partial charge in [-0.1, -0.05) is 0 Å². The van der Waals surface area contributed by atoms with Crippen molar-refractivity contribution in [3.63, 3.8) is 0 Å². The van der Waals surface area contributed by atoms with Crippen molar-refractivity contribution in [3.8, 4) is 5.75 Å². The number of fused-ring (bicyclic) bond motifs is 3. The van der Waals surface area contributed by atoms with Gasteiger partial charge >= 0.3 is 0 Å². The van der Waals surface area contributed by atoms with E-state index >= 15 is 0 Å². The topological polar surface area (TPSA) is 40.2 Å². The van der Waals surface area contributed by atoms with Crippen LogP contribution in [0.2, 0.25) is 0 Å². The van der Waals surface area contributed by atoms with Crippen molar-refractivity contribution >= 4 is 10.9 Å². The molecule has 2 heterocycles. The Morgan fingerprint density at radius 2 is 2.24 bits per heavy atom. The second-order valence-corrected chi connectivity index (χ2v) is 6.45. The maximum absolute atomic E-state index is 14.9. The van der Waals surface area contributed by atoms with Gasteiger partial charge in [-0.15, -0.1) is 0 Å². The molecule has 0 unspecified atom stereocenters. The second-order valence-electron chi connectivity index (χ2n) is 6.45. The van der Waals surface area contributed by atoms with Crippen LogP contribution in [0.15, 0.2) is 12.1 Å². The number of hydrogen-bond donors (Lipinski definition) is 1. The summed E-state index contributed by atoms with van der Waals surface area (Å²) in [5.41, 5.74) is 9.35. The molecule has 4 rings (SSSR count). The molecule has 0 spiro atoms. The van der Waals surface area contributed by atoms with Crippen LogP contribution in [-0.4, -0.2) is 16.7 Å². The smallest absolute Gasteiger partial charge is 0.174 e. The molecular weight excluding hydrogens is 267 g/mol. The number of benzene rings is 1. The van der Waals surface area contributed by atoms with E-state index in [0.717, 1.165) is 55.1 Å². The summed E-state index contributed by atoms with van der Waals surface area (Å²) in [6.07, 6.45) is 5.17. The molecule has 1 saturated carbocycles. The summed E-state index contributed by atoms with van der Waals surface area (Å²) in [7, 11) is 0. The highest BCUT2D eigenvalue weighted by Crippen LogP contribution is 2.38. The second kappa shape index (κ2) is 4.73. The van der Waals surface area contributed by atoms with Gasteiger partial charge in [-0.2, -0.15) is 0 Å². The first-order valence-electron chi connectivity index (χ1n) is 7.90. The van der Waals surface area contributed by atoms with Gasteiger partial charge in [0.2, 0.25) is 0 Å². The van der Waals surface area contributed by atoms with Crippen LogP contribution in [0.3, 0.4) is 0 Å². The Hall–Kier alpha value is -1.55. The first-order valence-corrected chi connectivity index (χ1v) is 7.90. The molecule has 4 heteroatoms. The number of nitrogens with zero attached hydrogens (tertiary/aromatic N) is 1. The van der Waals surface area contributed by atoms with Gasteiger partial charge in [0.1, 0.15) is 0 Å². The Balaban J connectivity index is 1.90. The van der Waals surface area contributed by atoms with Crippen molar-refractivity contribution in [1.29, 1.82) is 0 Å². The number of ether oxygens (including phenoxy) is 1. The van der Waals surface area contributed by atoms with Crippen LogP contribution >= 0.6 is 0 Å². The van der Waals surface area contributed by atoms with Crippen molar-refractivity contribution in [2.75, 3.05) is 0 Å². The first-order chi connectivity index (χ1) is 10.1. The third kappa shape index (κ3) is 2.13. The molecule has 1 aliphatic heterocycles. The summed E-state index contributed by atoms with van der Waals surface area (Å²) < 4.78 is 22.9. The summed E-state index contributed by atoms with van der Waals surface area (Å²) >= 11 is 0. The highest BCUT2D eigenvalue weighted by Gasteiger charge is 2.28. The summed E-state index contributed by atoms with van der Waals surface area (Å²) in [5.74, 6) is 0.206. The lowest BCUT2D eigenvalue weighted by Gasteiger charge is -2.10. The van der Waals surface area contributed by atoms with Crippen molar-refractivity contribution in [2.24, 2.45) is 5.73 Å². The van der Waals surface area contributed by atoms with Crippen LogP contribution in [0.4, 0.5) is 4.39 Å². The fourth-order valence-corrected chi connectivity index (χ4v) is 3.46. The maximum Gasteiger partial charge on any atom is 0.174 e. The quantitative estimate of drug-likeness (QED) is 0.938. The number of rotatable bonds is 4. The standard InChI is InChI=1S/C17H21FN2O/c1-10(19)9-12-13-3-2-8-20(13)14-6-7-15(17(18)16(12)14)21-11-4-5-11/h6-7,10-11H,2-5,8-9,19H2,1H3/t10-/m0/s1. The van der Waals surface area contributed by atoms with Crippen LogP contribution in [0.1, 0.15) is 37.4 Å². The molecule has 0 amide bonds. The molecule has 1 aromatic carbocycles. The van der Waals surface area contributed by atoms with E-state index in [-0.39, 0.29) is 18.0 Å². The van der Waals surface area contributed by atoms with Gasteiger partial charge in [-0.05, 0) is 56.7 Å². The van der Waals surface area contributed by atoms with Gasteiger partial charge in [0.15, 0.2) is 11.6 Å². The Kier molecular flexibility index (Phi) is 2.96. The third-order valence-corrected chi connectivity index (χ3v) is 4.49. The lowest BCUT2D eigenvalue weighted by molar-refractivity contribution is 0.289. The molecule has 21 heavy (non-hydrogen) atoms. The number of nitrogens with two attached hydrogens (primary N) is 1. The lowest BCUT2D eigenvalue weighted by atomic mass is 10.0. The first kappa shape index (κ1) is 13.1. The van der Waals surface area contributed by atoms with Gasteiger partial charge in [-0.3, -0.25) is 0 Å². The third-order valence-electron chi connectivity index (χ3n) is 4.49. The van der Waals surface area contributed by atoms with Crippen LogP contribution in [0.5, 0.6) is 5.75 Å². The minimum absolute atomic E-state index is 0.0355. The Morgan fingerprint density at radius 3 is 2.95 bits per heavy atom. The Morgan fingerprint density at radius 1 is 1.43 bits per heavy atom. The highest BCUT2D eigenvalue weighted by atomic mass is 19.1. The molecule has 2 aromatic rings. The van der Waals surface area contributed by atoms with Crippen LogP contribution < -0.4 is 10.5 Å².